The van der Waals surface area contributed by atoms with Gasteiger partial charge in [0.05, 0.1) is 12.1 Å². The van der Waals surface area contributed by atoms with E-state index in [1.54, 1.807) is 0 Å². The first-order valence-electron chi connectivity index (χ1n) is 7.62. The van der Waals surface area contributed by atoms with E-state index in [-0.39, 0.29) is 5.91 Å². The molecule has 0 aliphatic carbocycles. The van der Waals surface area contributed by atoms with Crippen molar-refractivity contribution in [2.45, 2.75) is 32.2 Å². The molecule has 2 aromatic heterocycles. The van der Waals surface area contributed by atoms with Crippen molar-refractivity contribution in [2.24, 2.45) is 0 Å². The Kier molecular flexibility index (Phi) is 4.59. The minimum absolute atomic E-state index is 0.172. The molecule has 0 saturated carbocycles. The smallest absolute Gasteiger partial charge is 0.228 e. The lowest BCUT2D eigenvalue weighted by Gasteiger charge is -2.24. The van der Waals surface area contributed by atoms with Gasteiger partial charge in [0.2, 0.25) is 5.91 Å². The van der Waals surface area contributed by atoms with Crippen molar-refractivity contribution in [3.8, 4) is 10.8 Å². The van der Waals surface area contributed by atoms with Gasteiger partial charge in [0.25, 0.3) is 0 Å². The largest absolute Gasteiger partial charge is 0.459 e. The zero-order valence-corrected chi connectivity index (χ0v) is 13.8. The van der Waals surface area contributed by atoms with Crippen LogP contribution in [-0.4, -0.2) is 42.0 Å². The molecule has 1 atom stereocenters. The Labute approximate surface area is 134 Å². The molecule has 0 spiro atoms. The molecule has 1 aliphatic rings. The number of nitrogens with one attached hydrogen (secondary N) is 1. The molecule has 1 N–H and O–H groups in total. The highest BCUT2D eigenvalue weighted by atomic mass is 32.1. The maximum atomic E-state index is 12.5. The van der Waals surface area contributed by atoms with Crippen LogP contribution in [0.3, 0.4) is 0 Å². The Morgan fingerprint density at radius 3 is 3.14 bits per heavy atom. The molecule has 5 nitrogen and oxygen atoms in total. The molecule has 2 aromatic rings. The van der Waals surface area contributed by atoms with Gasteiger partial charge < -0.3 is 14.6 Å². The van der Waals surface area contributed by atoms with E-state index in [2.05, 4.69) is 10.3 Å². The van der Waals surface area contributed by atoms with Crippen LogP contribution >= 0.6 is 11.3 Å². The van der Waals surface area contributed by atoms with Crippen LogP contribution in [0.15, 0.2) is 21.9 Å². The summed E-state index contributed by atoms with van der Waals surface area (Å²) in [5.41, 5.74) is 0.828. The highest BCUT2D eigenvalue weighted by Crippen LogP contribution is 2.26. The van der Waals surface area contributed by atoms with E-state index in [1.807, 2.05) is 36.4 Å². The van der Waals surface area contributed by atoms with Crippen LogP contribution in [0.2, 0.25) is 0 Å². The fraction of sp³-hybridized carbons (Fsp3) is 0.500. The molecule has 3 rings (SSSR count). The van der Waals surface area contributed by atoms with Crippen LogP contribution in [0, 0.1) is 6.92 Å². The van der Waals surface area contributed by atoms with E-state index in [0.29, 0.717) is 12.5 Å². The van der Waals surface area contributed by atoms with Gasteiger partial charge in [-0.1, -0.05) is 0 Å². The molecule has 1 aliphatic heterocycles. The molecule has 1 saturated heterocycles. The maximum absolute atomic E-state index is 12.5. The van der Waals surface area contributed by atoms with Crippen LogP contribution < -0.4 is 5.32 Å². The minimum Gasteiger partial charge on any atom is -0.459 e. The molecular formula is C16H21N3O2S. The quantitative estimate of drug-likeness (QED) is 0.920. The van der Waals surface area contributed by atoms with Crippen LogP contribution in [0.5, 0.6) is 0 Å². The fourth-order valence-electron chi connectivity index (χ4n) is 2.92. The summed E-state index contributed by atoms with van der Waals surface area (Å²) in [4.78, 5) is 19.0. The third kappa shape index (κ3) is 3.23. The highest BCUT2D eigenvalue weighted by Gasteiger charge is 2.28. The third-order valence-electron chi connectivity index (χ3n) is 3.97. The number of aromatic nitrogens is 1. The lowest BCUT2D eigenvalue weighted by atomic mass is 10.2. The third-order valence-corrected chi connectivity index (χ3v) is 4.88. The van der Waals surface area contributed by atoms with E-state index in [9.17, 15) is 4.79 Å². The molecule has 0 radical (unpaired) electrons. The summed E-state index contributed by atoms with van der Waals surface area (Å²) in [6.07, 6.45) is 2.54. The number of thiazole rings is 1. The Hall–Kier alpha value is -1.66. The zero-order chi connectivity index (χ0) is 15.5. The predicted molar refractivity (Wildman–Crippen MR) is 86.9 cm³/mol. The summed E-state index contributed by atoms with van der Waals surface area (Å²) in [6, 6.07) is 4.17. The lowest BCUT2D eigenvalue weighted by molar-refractivity contribution is -0.131. The van der Waals surface area contributed by atoms with E-state index in [1.165, 1.54) is 11.3 Å². The van der Waals surface area contributed by atoms with Crippen molar-refractivity contribution >= 4 is 17.2 Å². The number of nitrogens with zero attached hydrogens (tertiary/aromatic N) is 2. The molecule has 0 aromatic carbocycles. The number of rotatable bonds is 5. The van der Waals surface area contributed by atoms with E-state index < -0.39 is 0 Å². The second-order valence-electron chi connectivity index (χ2n) is 5.67. The first-order valence-corrected chi connectivity index (χ1v) is 8.50. The van der Waals surface area contributed by atoms with Crippen molar-refractivity contribution in [3.05, 3.63) is 29.0 Å². The van der Waals surface area contributed by atoms with Gasteiger partial charge in [-0.3, -0.25) is 4.79 Å². The number of aryl methyl sites for hydroxylation is 1. The highest BCUT2D eigenvalue weighted by molar-refractivity contribution is 7.13. The van der Waals surface area contributed by atoms with Crippen LogP contribution in [0.25, 0.3) is 10.8 Å². The molecular weight excluding hydrogens is 298 g/mol. The zero-order valence-electron chi connectivity index (χ0n) is 13.0. The summed E-state index contributed by atoms with van der Waals surface area (Å²) in [6.45, 7) is 3.64. The molecule has 22 heavy (non-hydrogen) atoms. The SMILES string of the molecule is CNCC1CCCN1C(=O)Cc1csc(-c2ccc(C)o2)n1. The van der Waals surface area contributed by atoms with Crippen molar-refractivity contribution < 1.29 is 9.21 Å². The second kappa shape index (κ2) is 6.62. The Morgan fingerprint density at radius 1 is 1.55 bits per heavy atom. The number of amides is 1. The van der Waals surface area contributed by atoms with Gasteiger partial charge >= 0.3 is 0 Å². The topological polar surface area (TPSA) is 58.4 Å². The standard InChI is InChI=1S/C16H21N3O2S/c1-11-5-6-14(21-11)16-18-12(10-22-16)8-15(20)19-7-3-4-13(19)9-17-2/h5-6,10,13,17H,3-4,7-9H2,1-2H3. The summed E-state index contributed by atoms with van der Waals surface area (Å²) in [7, 11) is 1.93. The fourth-order valence-corrected chi connectivity index (χ4v) is 3.70. The van der Waals surface area contributed by atoms with Gasteiger partial charge in [-0.15, -0.1) is 11.3 Å². The number of hydrogen-bond acceptors (Lipinski definition) is 5. The van der Waals surface area contributed by atoms with Crippen molar-refractivity contribution in [3.63, 3.8) is 0 Å². The monoisotopic (exact) mass is 319 g/mol. The van der Waals surface area contributed by atoms with Gasteiger partial charge in [-0.05, 0) is 38.9 Å². The molecule has 118 valence electrons. The number of carbonyl (C=O) groups excluding carboxylic acids is 1. The molecule has 1 fully saturated rings. The maximum Gasteiger partial charge on any atom is 0.228 e. The van der Waals surface area contributed by atoms with E-state index in [4.69, 9.17) is 4.42 Å². The lowest BCUT2D eigenvalue weighted by Crippen LogP contribution is -2.41. The average Bonchev–Trinajstić information content (AvgIpc) is 3.19. The summed E-state index contributed by atoms with van der Waals surface area (Å²) >= 11 is 1.52. The van der Waals surface area contributed by atoms with Gasteiger partial charge in [0.15, 0.2) is 10.8 Å². The summed E-state index contributed by atoms with van der Waals surface area (Å²) in [5.74, 6) is 1.82. The molecule has 6 heteroatoms. The van der Waals surface area contributed by atoms with E-state index >= 15 is 0 Å². The molecule has 1 unspecified atom stereocenters. The van der Waals surface area contributed by atoms with E-state index in [0.717, 1.165) is 48.2 Å². The van der Waals surface area contributed by atoms with Gasteiger partial charge in [-0.2, -0.15) is 0 Å². The van der Waals surface area contributed by atoms with Crippen LogP contribution in [0.1, 0.15) is 24.3 Å². The number of likely N-dealkylation sites (tertiary alicyclic amines) is 1. The first kappa shape index (κ1) is 15.2. The second-order valence-corrected chi connectivity index (χ2v) is 6.53. The molecule has 0 bridgehead atoms. The van der Waals surface area contributed by atoms with Gasteiger partial charge in [-0.25, -0.2) is 4.98 Å². The Bertz CT molecular complexity index is 649. The molecule has 1 amide bonds. The van der Waals surface area contributed by atoms with Crippen molar-refractivity contribution in [2.75, 3.05) is 20.1 Å². The first-order chi connectivity index (χ1) is 10.7. The predicted octanol–water partition coefficient (Wildman–Crippen LogP) is 2.46. The Morgan fingerprint density at radius 2 is 2.41 bits per heavy atom. The van der Waals surface area contributed by atoms with Crippen molar-refractivity contribution in [1.29, 1.82) is 0 Å². The van der Waals surface area contributed by atoms with Crippen molar-refractivity contribution in [1.82, 2.24) is 15.2 Å². The number of furan rings is 1. The summed E-state index contributed by atoms with van der Waals surface area (Å²) in [5, 5.41) is 5.96. The molecule has 3 heterocycles. The summed E-state index contributed by atoms with van der Waals surface area (Å²) < 4.78 is 5.58. The number of carbonyl (C=O) groups is 1. The number of hydrogen-bond donors (Lipinski definition) is 1. The van der Waals surface area contributed by atoms with Gasteiger partial charge in [0.1, 0.15) is 5.76 Å². The minimum atomic E-state index is 0.172. The average molecular weight is 319 g/mol. The Balaban J connectivity index is 1.66. The van der Waals surface area contributed by atoms with Crippen LogP contribution in [0.4, 0.5) is 0 Å². The normalized spacial score (nSPS) is 18.1. The number of likely N-dealkylation sites (N-methyl/N-ethyl adjacent to an activating group) is 1. The van der Waals surface area contributed by atoms with Crippen LogP contribution in [-0.2, 0) is 11.2 Å². The van der Waals surface area contributed by atoms with Gasteiger partial charge in [0, 0.05) is 24.5 Å².